The number of carboxylic acid groups (broad SMARTS) is 1. The van der Waals surface area contributed by atoms with E-state index in [1.807, 2.05) is 41.5 Å². The van der Waals surface area contributed by atoms with Crippen LogP contribution in [0.25, 0.3) is 0 Å². The van der Waals surface area contributed by atoms with Gasteiger partial charge in [0.2, 0.25) is 0 Å². The monoisotopic (exact) mass is 306 g/mol. The highest BCUT2D eigenvalue weighted by molar-refractivity contribution is 5.92. The zero-order valence-electron chi connectivity index (χ0n) is 14.5. The number of aromatic carboxylic acids is 1. The van der Waals surface area contributed by atoms with E-state index in [-0.39, 0.29) is 23.2 Å². The molecule has 22 heavy (non-hydrogen) atoms. The van der Waals surface area contributed by atoms with Crippen molar-refractivity contribution in [3.63, 3.8) is 0 Å². The molecule has 4 heteroatoms. The summed E-state index contributed by atoms with van der Waals surface area (Å²) in [6.07, 6.45) is 0.274. The zero-order chi connectivity index (χ0) is 17.3. The first kappa shape index (κ1) is 18.2. The van der Waals surface area contributed by atoms with Crippen molar-refractivity contribution in [2.75, 3.05) is 0 Å². The molecule has 0 aliphatic rings. The molecule has 1 aromatic rings. The quantitative estimate of drug-likeness (QED) is 0.668. The molecule has 122 valence electrons. The Hall–Kier alpha value is -1.84. The predicted molar refractivity (Wildman–Crippen MR) is 86.7 cm³/mol. The predicted octanol–water partition coefficient (Wildman–Crippen LogP) is 4.30. The Morgan fingerprint density at radius 2 is 1.41 bits per heavy atom. The molecule has 0 heterocycles. The Balaban J connectivity index is 3.69. The van der Waals surface area contributed by atoms with E-state index in [0.717, 1.165) is 0 Å². The average molecular weight is 306 g/mol. The minimum Gasteiger partial charge on any atom is -0.478 e. The van der Waals surface area contributed by atoms with Crippen molar-refractivity contribution in [2.24, 2.45) is 0 Å². The van der Waals surface area contributed by atoms with Gasteiger partial charge in [-0.3, -0.25) is 4.79 Å². The van der Waals surface area contributed by atoms with Crippen molar-refractivity contribution < 1.29 is 19.4 Å². The van der Waals surface area contributed by atoms with Crippen molar-refractivity contribution in [3.05, 3.63) is 28.8 Å². The summed E-state index contributed by atoms with van der Waals surface area (Å²) < 4.78 is 5.34. The van der Waals surface area contributed by atoms with Gasteiger partial charge in [-0.25, -0.2) is 4.79 Å². The van der Waals surface area contributed by atoms with E-state index in [0.29, 0.717) is 22.4 Å². The second-order valence-electron chi connectivity index (χ2n) is 7.53. The fourth-order valence-corrected chi connectivity index (χ4v) is 2.29. The van der Waals surface area contributed by atoms with Gasteiger partial charge in [-0.1, -0.05) is 48.5 Å². The van der Waals surface area contributed by atoms with Gasteiger partial charge in [-0.15, -0.1) is 0 Å². The summed E-state index contributed by atoms with van der Waals surface area (Å²) in [6, 6.07) is 3.35. The molecule has 0 aliphatic carbocycles. The van der Waals surface area contributed by atoms with Crippen molar-refractivity contribution in [1.29, 1.82) is 0 Å². The van der Waals surface area contributed by atoms with E-state index in [1.54, 1.807) is 19.1 Å². The SMILES string of the molecule is CCC(=O)Oc1cc(C(C)(C)C)c(C(=O)O)c(C(C)(C)C)c1. The van der Waals surface area contributed by atoms with Gasteiger partial charge in [-0.2, -0.15) is 0 Å². The van der Waals surface area contributed by atoms with Crippen LogP contribution in [0.3, 0.4) is 0 Å². The molecule has 0 saturated carbocycles. The molecule has 0 aromatic heterocycles. The number of hydrogen-bond donors (Lipinski definition) is 1. The van der Waals surface area contributed by atoms with Crippen LogP contribution in [0.15, 0.2) is 12.1 Å². The molecule has 1 rings (SSSR count). The lowest BCUT2D eigenvalue weighted by atomic mass is 9.76. The standard InChI is InChI=1S/C18H26O4/c1-8-14(19)22-11-9-12(17(2,3)4)15(16(20)21)13(10-11)18(5,6)7/h9-10H,8H2,1-7H3,(H,20,21). The van der Waals surface area contributed by atoms with Crippen LogP contribution in [0.1, 0.15) is 76.4 Å². The molecule has 0 aliphatic heterocycles. The summed E-state index contributed by atoms with van der Waals surface area (Å²) in [4.78, 5) is 23.4. The molecule has 0 bridgehead atoms. The van der Waals surface area contributed by atoms with E-state index >= 15 is 0 Å². The number of hydrogen-bond acceptors (Lipinski definition) is 3. The molecule has 0 atom stereocenters. The molecule has 0 saturated heterocycles. The van der Waals surface area contributed by atoms with E-state index in [1.165, 1.54) is 0 Å². The number of esters is 1. The van der Waals surface area contributed by atoms with Crippen LogP contribution in [0.4, 0.5) is 0 Å². The lowest BCUT2D eigenvalue weighted by Crippen LogP contribution is -2.24. The molecule has 4 nitrogen and oxygen atoms in total. The normalized spacial score (nSPS) is 12.1. The fraction of sp³-hybridized carbons (Fsp3) is 0.556. The van der Waals surface area contributed by atoms with E-state index in [9.17, 15) is 14.7 Å². The Morgan fingerprint density at radius 1 is 1.00 bits per heavy atom. The average Bonchev–Trinajstić information content (AvgIpc) is 2.35. The lowest BCUT2D eigenvalue weighted by Gasteiger charge is -2.29. The summed E-state index contributed by atoms with van der Waals surface area (Å²) in [5, 5.41) is 9.68. The minimum absolute atomic E-state index is 0.274. The van der Waals surface area contributed by atoms with Crippen molar-refractivity contribution >= 4 is 11.9 Å². The Kier molecular flexibility index (Phi) is 5.06. The third kappa shape index (κ3) is 4.09. The molecular formula is C18H26O4. The maximum Gasteiger partial charge on any atom is 0.336 e. The number of carbonyl (C=O) groups is 2. The molecule has 0 unspecified atom stereocenters. The van der Waals surface area contributed by atoms with Gasteiger partial charge in [-0.05, 0) is 34.1 Å². The molecule has 1 aromatic carbocycles. The summed E-state index contributed by atoms with van der Waals surface area (Å²) in [6.45, 7) is 13.4. The number of carbonyl (C=O) groups excluding carboxylic acids is 1. The van der Waals surface area contributed by atoms with Crippen LogP contribution >= 0.6 is 0 Å². The lowest BCUT2D eigenvalue weighted by molar-refractivity contribution is -0.134. The zero-order valence-corrected chi connectivity index (χ0v) is 14.5. The minimum atomic E-state index is -0.955. The van der Waals surface area contributed by atoms with Gasteiger partial charge in [0.15, 0.2) is 0 Å². The maximum absolute atomic E-state index is 11.8. The highest BCUT2D eigenvalue weighted by atomic mass is 16.5. The fourth-order valence-electron chi connectivity index (χ4n) is 2.29. The number of ether oxygens (including phenoxy) is 1. The molecular weight excluding hydrogens is 280 g/mol. The highest BCUT2D eigenvalue weighted by Gasteiger charge is 2.30. The summed E-state index contributed by atoms with van der Waals surface area (Å²) in [5.41, 5.74) is 0.902. The van der Waals surface area contributed by atoms with Crippen molar-refractivity contribution in [2.45, 2.75) is 65.7 Å². The van der Waals surface area contributed by atoms with Gasteiger partial charge >= 0.3 is 11.9 Å². The van der Waals surface area contributed by atoms with Gasteiger partial charge in [0.25, 0.3) is 0 Å². The maximum atomic E-state index is 11.8. The molecule has 0 amide bonds. The van der Waals surface area contributed by atoms with Crippen LogP contribution in [0.2, 0.25) is 0 Å². The van der Waals surface area contributed by atoms with Gasteiger partial charge < -0.3 is 9.84 Å². The van der Waals surface area contributed by atoms with Gasteiger partial charge in [0.05, 0.1) is 5.56 Å². The number of rotatable bonds is 3. The topological polar surface area (TPSA) is 63.6 Å². The third-order valence-electron chi connectivity index (χ3n) is 3.46. The van der Waals surface area contributed by atoms with Crippen LogP contribution in [-0.2, 0) is 15.6 Å². The van der Waals surface area contributed by atoms with E-state index in [4.69, 9.17) is 4.74 Å². The third-order valence-corrected chi connectivity index (χ3v) is 3.46. The Bertz CT molecular complexity index is 551. The molecule has 0 fully saturated rings. The van der Waals surface area contributed by atoms with E-state index < -0.39 is 5.97 Å². The van der Waals surface area contributed by atoms with Crippen LogP contribution < -0.4 is 4.74 Å². The summed E-state index contributed by atoms with van der Waals surface area (Å²) >= 11 is 0. The first-order valence-corrected chi connectivity index (χ1v) is 7.51. The van der Waals surface area contributed by atoms with E-state index in [2.05, 4.69) is 0 Å². The van der Waals surface area contributed by atoms with Crippen LogP contribution in [0, 0.1) is 0 Å². The molecule has 0 spiro atoms. The first-order valence-electron chi connectivity index (χ1n) is 7.51. The number of carboxylic acids is 1. The number of benzene rings is 1. The Labute approximate surface area is 132 Å². The largest absolute Gasteiger partial charge is 0.478 e. The second-order valence-corrected chi connectivity index (χ2v) is 7.53. The highest BCUT2D eigenvalue weighted by Crippen LogP contribution is 2.37. The van der Waals surface area contributed by atoms with Gasteiger partial charge in [0, 0.05) is 6.42 Å². The first-order chi connectivity index (χ1) is 9.87. The van der Waals surface area contributed by atoms with Crippen LogP contribution in [-0.4, -0.2) is 17.0 Å². The van der Waals surface area contributed by atoms with Gasteiger partial charge in [0.1, 0.15) is 5.75 Å². The summed E-state index contributed by atoms with van der Waals surface area (Å²) in [7, 11) is 0. The van der Waals surface area contributed by atoms with Crippen molar-refractivity contribution in [1.82, 2.24) is 0 Å². The molecule has 0 radical (unpaired) electrons. The summed E-state index contributed by atoms with van der Waals surface area (Å²) in [5.74, 6) is -0.877. The molecule has 1 N–H and O–H groups in total. The van der Waals surface area contributed by atoms with Crippen LogP contribution in [0.5, 0.6) is 5.75 Å². The Morgan fingerprint density at radius 3 is 1.68 bits per heavy atom. The second kappa shape index (κ2) is 6.11. The smallest absolute Gasteiger partial charge is 0.336 e. The van der Waals surface area contributed by atoms with Crippen molar-refractivity contribution in [3.8, 4) is 5.75 Å².